The van der Waals surface area contributed by atoms with Crippen molar-refractivity contribution >= 4 is 23.3 Å². The van der Waals surface area contributed by atoms with Gasteiger partial charge in [0, 0.05) is 37.3 Å². The van der Waals surface area contributed by atoms with E-state index in [1.54, 1.807) is 30.5 Å². The van der Waals surface area contributed by atoms with Crippen molar-refractivity contribution in [2.24, 2.45) is 21.7 Å². The molecule has 2 atom stereocenters. The number of carbonyl (C=O) groups excluding carboxylic acids is 2. The first kappa shape index (κ1) is 23.8. The molecule has 1 heterocycles. The van der Waals surface area contributed by atoms with Crippen LogP contribution in [-0.2, 0) is 21.5 Å². The van der Waals surface area contributed by atoms with Crippen molar-refractivity contribution in [3.05, 3.63) is 16.4 Å². The number of aryl methyl sites for hydroxylation is 1. The molecule has 0 aromatic carbocycles. The molecule has 1 fully saturated rings. The minimum absolute atomic E-state index is 0.0395. The van der Waals surface area contributed by atoms with Crippen LogP contribution >= 0.6 is 11.5 Å². The molecule has 2 rings (SSSR count). The Morgan fingerprint density at radius 2 is 1.90 bits per heavy atom. The average molecular weight is 422 g/mol. The van der Waals surface area contributed by atoms with Crippen LogP contribution in [-0.4, -0.2) is 34.8 Å². The smallest absolute Gasteiger partial charge is 0.253 e. The molecule has 6 heteroatoms. The molecular weight excluding hydrogens is 382 g/mol. The number of hydrogen-bond donors (Lipinski definition) is 0. The second kappa shape index (κ2) is 8.37. The van der Waals surface area contributed by atoms with Gasteiger partial charge in [-0.25, -0.2) is 4.99 Å². The van der Waals surface area contributed by atoms with E-state index >= 15 is 0 Å². The van der Waals surface area contributed by atoms with Gasteiger partial charge in [0.05, 0.1) is 5.41 Å². The molecule has 0 N–H and O–H groups in total. The van der Waals surface area contributed by atoms with Crippen LogP contribution in [0.15, 0.2) is 11.2 Å². The SMILES string of the molecule is CCCCc1cn(C(C)(C)C)s/c1=N\C(=O)[C@@]1(C)CC[C@@H](C(=O)N(C)C)C1(C)C. The summed E-state index contributed by atoms with van der Waals surface area (Å²) < 4.78 is 3.03. The first-order chi connectivity index (χ1) is 13.3. The third-order valence-corrected chi connectivity index (χ3v) is 8.21. The van der Waals surface area contributed by atoms with E-state index in [1.165, 1.54) is 0 Å². The number of rotatable bonds is 5. The van der Waals surface area contributed by atoms with Crippen LogP contribution in [0.2, 0.25) is 0 Å². The van der Waals surface area contributed by atoms with Gasteiger partial charge in [-0.1, -0.05) is 34.1 Å². The maximum Gasteiger partial charge on any atom is 0.253 e. The predicted octanol–water partition coefficient (Wildman–Crippen LogP) is 4.61. The lowest BCUT2D eigenvalue weighted by atomic mass is 9.65. The van der Waals surface area contributed by atoms with Crippen molar-refractivity contribution in [1.82, 2.24) is 8.86 Å². The first-order valence-electron chi connectivity index (χ1n) is 10.8. The van der Waals surface area contributed by atoms with Crippen molar-refractivity contribution in [2.45, 2.75) is 86.1 Å². The van der Waals surface area contributed by atoms with Gasteiger partial charge in [0.25, 0.3) is 5.91 Å². The van der Waals surface area contributed by atoms with E-state index in [0.29, 0.717) is 6.42 Å². The van der Waals surface area contributed by atoms with Crippen molar-refractivity contribution in [2.75, 3.05) is 14.1 Å². The van der Waals surface area contributed by atoms with Gasteiger partial charge in [-0.3, -0.25) is 13.5 Å². The molecule has 1 aliphatic carbocycles. The molecule has 0 radical (unpaired) electrons. The van der Waals surface area contributed by atoms with Gasteiger partial charge < -0.3 is 4.90 Å². The summed E-state index contributed by atoms with van der Waals surface area (Å²) >= 11 is 1.57. The summed E-state index contributed by atoms with van der Waals surface area (Å²) in [6.07, 6.45) is 6.72. The summed E-state index contributed by atoms with van der Waals surface area (Å²) in [6.45, 7) is 14.8. The van der Waals surface area contributed by atoms with Crippen LogP contribution < -0.4 is 4.67 Å². The highest BCUT2D eigenvalue weighted by atomic mass is 32.1. The highest BCUT2D eigenvalue weighted by Crippen LogP contribution is 2.56. The topological polar surface area (TPSA) is 54.7 Å². The minimum atomic E-state index is -0.637. The Bertz CT molecular complexity index is 826. The molecule has 29 heavy (non-hydrogen) atoms. The standard InChI is InChI=1S/C23H39N3O2S/c1-10-11-12-16-15-26(21(2,3)4)29-18(16)24-20(28)23(7)14-13-17(22(23,5)6)19(27)25(8)9/h15,17H,10-14H2,1-9H3/b24-18-/t17-,23+/m0/s1. The lowest BCUT2D eigenvalue weighted by molar-refractivity contribution is -0.140. The summed E-state index contributed by atoms with van der Waals surface area (Å²) in [7, 11) is 3.58. The third kappa shape index (κ3) is 4.52. The lowest BCUT2D eigenvalue weighted by Crippen LogP contribution is -2.45. The fourth-order valence-corrected chi connectivity index (χ4v) is 5.21. The lowest BCUT2D eigenvalue weighted by Gasteiger charge is -2.39. The van der Waals surface area contributed by atoms with E-state index in [2.05, 4.69) is 56.7 Å². The quantitative estimate of drug-likeness (QED) is 0.697. The van der Waals surface area contributed by atoms with Crippen LogP contribution in [0.3, 0.4) is 0 Å². The maximum atomic E-state index is 13.5. The predicted molar refractivity (Wildman–Crippen MR) is 120 cm³/mol. The zero-order valence-corrected chi connectivity index (χ0v) is 20.6. The second-order valence-electron chi connectivity index (χ2n) is 10.4. The van der Waals surface area contributed by atoms with Crippen molar-refractivity contribution in [3.63, 3.8) is 0 Å². The zero-order chi connectivity index (χ0) is 22.2. The van der Waals surface area contributed by atoms with Crippen LogP contribution in [0.25, 0.3) is 0 Å². The Hall–Kier alpha value is -1.43. The fourth-order valence-electron chi connectivity index (χ4n) is 4.18. The number of unbranched alkanes of at least 4 members (excludes halogenated alkanes) is 1. The highest BCUT2D eigenvalue weighted by Gasteiger charge is 2.58. The van der Waals surface area contributed by atoms with E-state index < -0.39 is 10.8 Å². The summed E-state index contributed by atoms with van der Waals surface area (Å²) in [6, 6.07) is 0. The summed E-state index contributed by atoms with van der Waals surface area (Å²) in [5.74, 6) is -0.127. The Morgan fingerprint density at radius 3 is 2.41 bits per heavy atom. The summed E-state index contributed by atoms with van der Waals surface area (Å²) in [5, 5.41) is 0. The Kier molecular flexibility index (Phi) is 6.88. The number of aromatic nitrogens is 1. The van der Waals surface area contributed by atoms with Gasteiger partial charge in [0.2, 0.25) is 5.91 Å². The molecule has 1 aliphatic rings. The van der Waals surface area contributed by atoms with Crippen molar-refractivity contribution in [3.8, 4) is 0 Å². The average Bonchev–Trinajstić information content (AvgIpc) is 3.11. The highest BCUT2D eigenvalue weighted by molar-refractivity contribution is 7.04. The Labute approximate surface area is 180 Å². The first-order valence-corrected chi connectivity index (χ1v) is 11.6. The van der Waals surface area contributed by atoms with Gasteiger partial charge in [0.1, 0.15) is 4.67 Å². The monoisotopic (exact) mass is 421 g/mol. The zero-order valence-electron chi connectivity index (χ0n) is 19.8. The number of nitrogens with zero attached hydrogens (tertiary/aromatic N) is 3. The number of hydrogen-bond acceptors (Lipinski definition) is 3. The largest absolute Gasteiger partial charge is 0.349 e. The van der Waals surface area contributed by atoms with Gasteiger partial charge in [-0.05, 0) is 63.4 Å². The molecule has 1 aromatic heterocycles. The minimum Gasteiger partial charge on any atom is -0.349 e. The van der Waals surface area contributed by atoms with Crippen molar-refractivity contribution in [1.29, 1.82) is 0 Å². The number of carbonyl (C=O) groups is 2. The molecule has 0 spiro atoms. The normalized spacial score (nSPS) is 24.7. The van der Waals surface area contributed by atoms with E-state index in [1.807, 2.05) is 6.92 Å². The van der Waals surface area contributed by atoms with Crippen molar-refractivity contribution < 1.29 is 9.59 Å². The van der Waals surface area contributed by atoms with E-state index in [4.69, 9.17) is 0 Å². The summed E-state index contributed by atoms with van der Waals surface area (Å²) in [4.78, 5) is 32.5. The van der Waals surface area contributed by atoms with Gasteiger partial charge in [-0.2, -0.15) is 0 Å². The van der Waals surface area contributed by atoms with E-state index in [0.717, 1.165) is 35.9 Å². The summed E-state index contributed by atoms with van der Waals surface area (Å²) in [5.41, 5.74) is 0.0420. The molecule has 0 saturated heterocycles. The number of amides is 2. The molecule has 0 aliphatic heterocycles. The maximum absolute atomic E-state index is 13.5. The molecule has 0 bridgehead atoms. The third-order valence-electron chi connectivity index (χ3n) is 6.83. The van der Waals surface area contributed by atoms with Crippen LogP contribution in [0.1, 0.15) is 79.7 Å². The molecule has 1 aromatic rings. The fraction of sp³-hybridized carbons (Fsp3) is 0.783. The van der Waals surface area contributed by atoms with Crippen LogP contribution in [0.5, 0.6) is 0 Å². The van der Waals surface area contributed by atoms with Gasteiger partial charge in [-0.15, -0.1) is 0 Å². The molecule has 0 unspecified atom stereocenters. The molecule has 5 nitrogen and oxygen atoms in total. The van der Waals surface area contributed by atoms with E-state index in [9.17, 15) is 9.59 Å². The molecule has 2 amide bonds. The van der Waals surface area contributed by atoms with Gasteiger partial charge in [0.15, 0.2) is 0 Å². The Morgan fingerprint density at radius 1 is 1.28 bits per heavy atom. The van der Waals surface area contributed by atoms with Gasteiger partial charge >= 0.3 is 0 Å². The Balaban J connectivity index is 2.45. The van der Waals surface area contributed by atoms with Crippen LogP contribution in [0, 0.1) is 16.7 Å². The molecule has 164 valence electrons. The second-order valence-corrected chi connectivity index (χ2v) is 11.4. The van der Waals surface area contributed by atoms with Crippen LogP contribution in [0.4, 0.5) is 0 Å². The van der Waals surface area contributed by atoms with E-state index in [-0.39, 0.29) is 23.3 Å². The molecule has 1 saturated carbocycles. The molecular formula is C23H39N3O2S.